The van der Waals surface area contributed by atoms with E-state index in [1.165, 1.54) is 24.3 Å². The van der Waals surface area contributed by atoms with Crippen molar-refractivity contribution in [3.8, 4) is 22.8 Å². The molecule has 5 aromatic rings. The first-order valence-electron chi connectivity index (χ1n) is 9.79. The number of halogens is 1. The summed E-state index contributed by atoms with van der Waals surface area (Å²) in [5.41, 5.74) is 2.17. The van der Waals surface area contributed by atoms with Gasteiger partial charge in [-0.15, -0.1) is 0 Å². The number of amides is 1. The molecule has 3 aromatic carbocycles. The third-order valence-electron chi connectivity index (χ3n) is 4.94. The molecular weight excluding hydrogens is 429 g/mol. The van der Waals surface area contributed by atoms with Gasteiger partial charge in [-0.3, -0.25) is 14.9 Å². The average Bonchev–Trinajstić information content (AvgIpc) is 3.47. The molecule has 0 radical (unpaired) electrons. The summed E-state index contributed by atoms with van der Waals surface area (Å²) in [5.74, 6) is -0.322. The highest BCUT2D eigenvalue weighted by molar-refractivity contribution is 6.03. The van der Waals surface area contributed by atoms with Crippen LogP contribution in [0.1, 0.15) is 10.6 Å². The zero-order valence-corrected chi connectivity index (χ0v) is 16.8. The van der Waals surface area contributed by atoms with Crippen LogP contribution in [0.2, 0.25) is 0 Å². The number of anilines is 1. The van der Waals surface area contributed by atoms with Crippen molar-refractivity contribution in [2.24, 2.45) is 0 Å². The molecule has 0 bridgehead atoms. The van der Waals surface area contributed by atoms with Crippen LogP contribution in [0.4, 0.5) is 15.8 Å². The van der Waals surface area contributed by atoms with Gasteiger partial charge < -0.3 is 14.2 Å². The first kappa shape index (κ1) is 20.1. The molecule has 0 spiro atoms. The summed E-state index contributed by atoms with van der Waals surface area (Å²) in [6.45, 7) is 0. The van der Waals surface area contributed by atoms with Crippen LogP contribution < -0.4 is 5.32 Å². The fourth-order valence-electron chi connectivity index (χ4n) is 3.31. The summed E-state index contributed by atoms with van der Waals surface area (Å²) in [6.07, 6.45) is 0. The quantitative estimate of drug-likeness (QED) is 0.261. The van der Waals surface area contributed by atoms with Gasteiger partial charge in [0.2, 0.25) is 5.89 Å². The first-order chi connectivity index (χ1) is 16.0. The largest absolute Gasteiger partial charge is 0.451 e. The van der Waals surface area contributed by atoms with Crippen LogP contribution in [0.3, 0.4) is 0 Å². The van der Waals surface area contributed by atoms with E-state index < -0.39 is 16.6 Å². The van der Waals surface area contributed by atoms with E-state index in [2.05, 4.69) is 10.3 Å². The summed E-state index contributed by atoms with van der Waals surface area (Å²) in [6, 6.07) is 20.0. The van der Waals surface area contributed by atoms with Gasteiger partial charge in [-0.25, -0.2) is 9.37 Å². The molecule has 8 nitrogen and oxygen atoms in total. The van der Waals surface area contributed by atoms with Crippen molar-refractivity contribution in [3.63, 3.8) is 0 Å². The summed E-state index contributed by atoms with van der Waals surface area (Å²) >= 11 is 0. The molecule has 0 aliphatic heterocycles. The van der Waals surface area contributed by atoms with Gasteiger partial charge in [-0.05, 0) is 54.6 Å². The van der Waals surface area contributed by atoms with Crippen LogP contribution in [0, 0.1) is 15.9 Å². The third kappa shape index (κ3) is 3.94. The van der Waals surface area contributed by atoms with Crippen molar-refractivity contribution in [3.05, 3.63) is 101 Å². The number of oxazole rings is 1. The number of nitro benzene ring substituents is 1. The molecule has 0 unspecified atom stereocenters. The van der Waals surface area contributed by atoms with Gasteiger partial charge in [0.25, 0.3) is 11.6 Å². The zero-order valence-electron chi connectivity index (χ0n) is 16.8. The number of benzene rings is 3. The second-order valence-corrected chi connectivity index (χ2v) is 7.10. The molecule has 33 heavy (non-hydrogen) atoms. The Morgan fingerprint density at radius 1 is 0.970 bits per heavy atom. The second-order valence-electron chi connectivity index (χ2n) is 7.10. The van der Waals surface area contributed by atoms with E-state index in [4.69, 9.17) is 8.83 Å². The topological polar surface area (TPSA) is 111 Å². The molecule has 1 amide bonds. The lowest BCUT2D eigenvalue weighted by molar-refractivity contribution is -0.384. The predicted octanol–water partition coefficient (Wildman–Crippen LogP) is 6.05. The molecule has 162 valence electrons. The maximum Gasteiger partial charge on any atom is 0.291 e. The van der Waals surface area contributed by atoms with Crippen molar-refractivity contribution in [2.45, 2.75) is 0 Å². The van der Waals surface area contributed by atoms with Crippen LogP contribution in [0.15, 0.2) is 87.7 Å². The van der Waals surface area contributed by atoms with Gasteiger partial charge >= 0.3 is 0 Å². The van der Waals surface area contributed by atoms with Crippen molar-refractivity contribution in [1.29, 1.82) is 0 Å². The molecule has 0 saturated carbocycles. The monoisotopic (exact) mass is 443 g/mol. The second kappa shape index (κ2) is 8.04. The van der Waals surface area contributed by atoms with Crippen LogP contribution >= 0.6 is 0 Å². The minimum Gasteiger partial charge on any atom is -0.451 e. The summed E-state index contributed by atoms with van der Waals surface area (Å²) in [4.78, 5) is 27.2. The fourth-order valence-corrected chi connectivity index (χ4v) is 3.31. The Morgan fingerprint density at radius 3 is 2.52 bits per heavy atom. The third-order valence-corrected chi connectivity index (χ3v) is 4.94. The SMILES string of the molecule is O=C(Nc1ccc2oc(-c3ccccc3F)nc2c1)c1ccc(-c2ccc([N+](=O)[O-])cc2)o1. The van der Waals surface area contributed by atoms with Gasteiger partial charge in [0.15, 0.2) is 11.3 Å². The molecule has 2 heterocycles. The van der Waals surface area contributed by atoms with E-state index in [-0.39, 0.29) is 22.9 Å². The van der Waals surface area contributed by atoms with Crippen molar-refractivity contribution in [2.75, 3.05) is 5.32 Å². The summed E-state index contributed by atoms with van der Waals surface area (Å²) in [5, 5.41) is 13.5. The molecule has 0 fully saturated rings. The highest BCUT2D eigenvalue weighted by Gasteiger charge is 2.16. The number of rotatable bonds is 5. The highest BCUT2D eigenvalue weighted by atomic mass is 19.1. The van der Waals surface area contributed by atoms with Gasteiger partial charge in [-0.1, -0.05) is 12.1 Å². The van der Waals surface area contributed by atoms with E-state index in [0.29, 0.717) is 28.1 Å². The Balaban J connectivity index is 1.35. The number of hydrogen-bond donors (Lipinski definition) is 1. The number of hydrogen-bond acceptors (Lipinski definition) is 6. The number of nitro groups is 1. The Labute approximate surface area is 185 Å². The van der Waals surface area contributed by atoms with Crippen molar-refractivity contribution >= 4 is 28.4 Å². The van der Waals surface area contributed by atoms with Gasteiger partial charge in [0.05, 0.1) is 10.5 Å². The molecule has 0 saturated heterocycles. The minimum atomic E-state index is -0.490. The normalized spacial score (nSPS) is 10.9. The number of nitrogens with one attached hydrogen (secondary N) is 1. The van der Waals surface area contributed by atoms with E-state index in [1.54, 1.807) is 54.6 Å². The average molecular weight is 443 g/mol. The number of carbonyl (C=O) groups is 1. The summed E-state index contributed by atoms with van der Waals surface area (Å²) in [7, 11) is 0. The summed E-state index contributed by atoms with van der Waals surface area (Å²) < 4.78 is 25.3. The number of fused-ring (bicyclic) bond motifs is 1. The van der Waals surface area contributed by atoms with Crippen LogP contribution in [-0.2, 0) is 0 Å². The zero-order chi connectivity index (χ0) is 22.9. The predicted molar refractivity (Wildman–Crippen MR) is 118 cm³/mol. The van der Waals surface area contributed by atoms with Crippen LogP contribution in [-0.4, -0.2) is 15.8 Å². The van der Waals surface area contributed by atoms with Crippen molar-refractivity contribution < 1.29 is 22.9 Å². The number of non-ortho nitro benzene ring substituents is 1. The Bertz CT molecular complexity index is 1500. The van der Waals surface area contributed by atoms with Gasteiger partial charge in [0, 0.05) is 23.4 Å². The molecule has 5 rings (SSSR count). The molecule has 2 aromatic heterocycles. The maximum atomic E-state index is 14.0. The lowest BCUT2D eigenvalue weighted by atomic mass is 10.1. The molecule has 0 aliphatic carbocycles. The molecule has 9 heteroatoms. The number of aromatic nitrogens is 1. The standard InChI is InChI=1S/C24H14FN3O5/c25-18-4-2-1-3-17(18)24-27-19-13-15(7-10-21(19)33-24)26-23(29)22-12-11-20(32-22)14-5-8-16(9-6-14)28(30)31/h1-13H,(H,26,29). The van der Waals surface area contributed by atoms with Gasteiger partial charge in [-0.2, -0.15) is 0 Å². The number of carbonyl (C=O) groups excluding carboxylic acids is 1. The fraction of sp³-hybridized carbons (Fsp3) is 0. The Kier molecular flexibility index (Phi) is 4.91. The number of nitrogens with zero attached hydrogens (tertiary/aromatic N) is 2. The highest BCUT2D eigenvalue weighted by Crippen LogP contribution is 2.29. The molecule has 0 aliphatic rings. The lowest BCUT2D eigenvalue weighted by Crippen LogP contribution is -2.10. The molecular formula is C24H14FN3O5. The molecule has 1 N–H and O–H groups in total. The first-order valence-corrected chi connectivity index (χ1v) is 9.79. The van der Waals surface area contributed by atoms with E-state index in [9.17, 15) is 19.3 Å². The van der Waals surface area contributed by atoms with E-state index in [0.717, 1.165) is 0 Å². The van der Waals surface area contributed by atoms with Crippen LogP contribution in [0.25, 0.3) is 33.9 Å². The van der Waals surface area contributed by atoms with Crippen LogP contribution in [0.5, 0.6) is 0 Å². The maximum absolute atomic E-state index is 14.0. The number of furan rings is 1. The van der Waals surface area contributed by atoms with E-state index >= 15 is 0 Å². The minimum absolute atomic E-state index is 0.0373. The Hall–Kier alpha value is -4.79. The smallest absolute Gasteiger partial charge is 0.291 e. The van der Waals surface area contributed by atoms with Gasteiger partial charge in [0.1, 0.15) is 17.1 Å². The molecule has 0 atom stereocenters. The van der Waals surface area contributed by atoms with E-state index in [1.807, 2.05) is 0 Å². The Morgan fingerprint density at radius 2 is 1.76 bits per heavy atom. The lowest BCUT2D eigenvalue weighted by Gasteiger charge is -2.02. The van der Waals surface area contributed by atoms with Crippen molar-refractivity contribution in [1.82, 2.24) is 4.98 Å².